The van der Waals surface area contributed by atoms with E-state index in [1.165, 1.54) is 0 Å². The second kappa shape index (κ2) is 4.93. The normalized spacial score (nSPS) is 28.6. The van der Waals surface area contributed by atoms with Crippen LogP contribution in [0.1, 0.15) is 12.0 Å². The van der Waals surface area contributed by atoms with Crippen LogP contribution in [-0.2, 0) is 16.1 Å². The molecule has 0 spiro atoms. The highest BCUT2D eigenvalue weighted by Gasteiger charge is 2.86. The summed E-state index contributed by atoms with van der Waals surface area (Å²) in [6.45, 7) is -0.264. The third-order valence-electron chi connectivity index (χ3n) is 4.57. The summed E-state index contributed by atoms with van der Waals surface area (Å²) in [5.74, 6) is -6.07. The second-order valence-electron chi connectivity index (χ2n) is 5.69. The van der Waals surface area contributed by atoms with Gasteiger partial charge in [0, 0.05) is 13.1 Å². The summed E-state index contributed by atoms with van der Waals surface area (Å²) in [4.78, 5) is 24.2. The number of benzene rings is 1. The summed E-state index contributed by atoms with van der Waals surface area (Å²) in [5, 5.41) is 9.04. The first-order valence-corrected chi connectivity index (χ1v) is 6.96. The predicted octanol–water partition coefficient (Wildman–Crippen LogP) is 2.37. The summed E-state index contributed by atoms with van der Waals surface area (Å²) < 4.78 is 32.6. The summed E-state index contributed by atoms with van der Waals surface area (Å²) >= 11 is 0. The van der Waals surface area contributed by atoms with Crippen LogP contribution in [0.25, 0.3) is 0 Å². The first-order chi connectivity index (χ1) is 10.4. The number of carbonyl (C=O) groups excluding carboxylic acids is 1. The smallest absolute Gasteiger partial charge is 0.410 e. The highest BCUT2D eigenvalue weighted by Crippen LogP contribution is 2.69. The standard InChI is InChI=1S/C15H15F2NO4/c16-15(17)11-8-18(7-6-14(11,15)12(19)20)13(21)22-9-10-4-2-1-3-5-10/h1-5,11H,6-9H2,(H,19,20)/t11-,14+/m1/s1. The number of carboxylic acids is 1. The molecule has 1 N–H and O–H groups in total. The molecule has 1 heterocycles. The summed E-state index contributed by atoms with van der Waals surface area (Å²) in [5.41, 5.74) is -1.20. The van der Waals surface area contributed by atoms with E-state index < -0.39 is 29.3 Å². The minimum atomic E-state index is -3.26. The lowest BCUT2D eigenvalue weighted by Crippen LogP contribution is -2.41. The lowest BCUT2D eigenvalue weighted by atomic mass is 9.95. The van der Waals surface area contributed by atoms with E-state index in [4.69, 9.17) is 9.84 Å². The second-order valence-corrected chi connectivity index (χ2v) is 5.69. The monoisotopic (exact) mass is 311 g/mol. The fourth-order valence-electron chi connectivity index (χ4n) is 3.14. The number of ether oxygens (including phenoxy) is 1. The van der Waals surface area contributed by atoms with Gasteiger partial charge in [0.25, 0.3) is 5.92 Å². The SMILES string of the molecule is O=C(OCc1ccccc1)N1CC[C@@]2(C(=O)O)[C@@H](C1)C2(F)F. The van der Waals surface area contributed by atoms with Crippen molar-refractivity contribution >= 4 is 12.1 Å². The molecule has 5 nitrogen and oxygen atoms in total. The number of hydrogen-bond donors (Lipinski definition) is 1. The molecule has 1 aliphatic heterocycles. The number of amides is 1. The molecule has 2 aliphatic rings. The Morgan fingerprint density at radius 2 is 2.00 bits per heavy atom. The number of aliphatic carboxylic acids is 1. The summed E-state index contributed by atoms with van der Waals surface area (Å²) in [6.07, 6.45) is -0.939. The average Bonchev–Trinajstić information content (AvgIpc) is 3.03. The Morgan fingerprint density at radius 3 is 2.59 bits per heavy atom. The van der Waals surface area contributed by atoms with Crippen LogP contribution in [0.3, 0.4) is 0 Å². The molecule has 1 amide bonds. The molecule has 7 heteroatoms. The van der Waals surface area contributed by atoms with E-state index in [1.807, 2.05) is 6.07 Å². The fraction of sp³-hybridized carbons (Fsp3) is 0.467. The average molecular weight is 311 g/mol. The van der Waals surface area contributed by atoms with Crippen LogP contribution in [-0.4, -0.2) is 41.1 Å². The number of nitrogens with zero attached hydrogens (tertiary/aromatic N) is 1. The molecule has 22 heavy (non-hydrogen) atoms. The topological polar surface area (TPSA) is 66.8 Å². The predicted molar refractivity (Wildman–Crippen MR) is 71.3 cm³/mol. The highest BCUT2D eigenvalue weighted by molar-refractivity contribution is 5.82. The molecule has 1 saturated heterocycles. The lowest BCUT2D eigenvalue weighted by molar-refractivity contribution is -0.148. The number of rotatable bonds is 3. The van der Waals surface area contributed by atoms with Gasteiger partial charge in [0.2, 0.25) is 0 Å². The zero-order valence-electron chi connectivity index (χ0n) is 11.7. The van der Waals surface area contributed by atoms with Crippen molar-refractivity contribution in [2.45, 2.75) is 19.0 Å². The maximum atomic E-state index is 13.7. The molecule has 1 aliphatic carbocycles. The molecule has 0 unspecified atom stereocenters. The van der Waals surface area contributed by atoms with Gasteiger partial charge in [-0.05, 0) is 12.0 Å². The van der Waals surface area contributed by atoms with Gasteiger partial charge in [-0.25, -0.2) is 13.6 Å². The van der Waals surface area contributed by atoms with Crippen LogP contribution >= 0.6 is 0 Å². The largest absolute Gasteiger partial charge is 0.481 e. The van der Waals surface area contributed by atoms with Crippen LogP contribution in [0.15, 0.2) is 30.3 Å². The summed E-state index contributed by atoms with van der Waals surface area (Å²) in [7, 11) is 0. The number of hydrogen-bond acceptors (Lipinski definition) is 3. The molecule has 118 valence electrons. The molecule has 0 aromatic heterocycles. The van der Waals surface area contributed by atoms with Crippen molar-refractivity contribution in [3.63, 3.8) is 0 Å². The number of likely N-dealkylation sites (tertiary alicyclic amines) is 1. The van der Waals surface area contributed by atoms with Crippen LogP contribution < -0.4 is 0 Å². The molecular weight excluding hydrogens is 296 g/mol. The van der Waals surface area contributed by atoms with Crippen molar-refractivity contribution < 1.29 is 28.2 Å². The van der Waals surface area contributed by atoms with Crippen molar-refractivity contribution in [1.82, 2.24) is 4.90 Å². The zero-order valence-corrected chi connectivity index (χ0v) is 11.7. The van der Waals surface area contributed by atoms with Crippen molar-refractivity contribution in [3.8, 4) is 0 Å². The van der Waals surface area contributed by atoms with E-state index >= 15 is 0 Å². The third-order valence-corrected chi connectivity index (χ3v) is 4.57. The number of fused-ring (bicyclic) bond motifs is 1. The molecule has 1 saturated carbocycles. The quantitative estimate of drug-likeness (QED) is 0.930. The van der Waals surface area contributed by atoms with Gasteiger partial charge in [-0.15, -0.1) is 0 Å². The maximum Gasteiger partial charge on any atom is 0.410 e. The fourth-order valence-corrected chi connectivity index (χ4v) is 3.14. The minimum Gasteiger partial charge on any atom is -0.481 e. The molecule has 3 rings (SSSR count). The number of carbonyl (C=O) groups is 2. The van der Waals surface area contributed by atoms with Crippen molar-refractivity contribution in [2.24, 2.45) is 11.3 Å². The first-order valence-electron chi connectivity index (χ1n) is 6.96. The zero-order chi connectivity index (χ0) is 16.0. The minimum absolute atomic E-state index is 0.0357. The van der Waals surface area contributed by atoms with Crippen molar-refractivity contribution in [3.05, 3.63) is 35.9 Å². The molecule has 2 fully saturated rings. The molecular formula is C15H15F2NO4. The van der Waals surface area contributed by atoms with Crippen molar-refractivity contribution in [1.29, 1.82) is 0 Å². The highest BCUT2D eigenvalue weighted by atomic mass is 19.3. The molecule has 2 atom stereocenters. The van der Waals surface area contributed by atoms with Gasteiger partial charge in [0.05, 0.1) is 5.92 Å². The molecule has 1 aromatic carbocycles. The third kappa shape index (κ3) is 2.03. The van der Waals surface area contributed by atoms with Crippen LogP contribution in [0.5, 0.6) is 0 Å². The van der Waals surface area contributed by atoms with E-state index in [0.29, 0.717) is 0 Å². The van der Waals surface area contributed by atoms with Crippen molar-refractivity contribution in [2.75, 3.05) is 13.1 Å². The maximum absolute atomic E-state index is 13.7. The van der Waals surface area contributed by atoms with Gasteiger partial charge >= 0.3 is 12.1 Å². The Bertz CT molecular complexity index is 607. The van der Waals surface area contributed by atoms with E-state index in [-0.39, 0.29) is 26.1 Å². The molecule has 0 bridgehead atoms. The first kappa shape index (κ1) is 14.7. The number of alkyl halides is 2. The van der Waals surface area contributed by atoms with E-state index in [0.717, 1.165) is 10.5 Å². The van der Waals surface area contributed by atoms with Gasteiger partial charge in [-0.2, -0.15) is 0 Å². The molecule has 0 radical (unpaired) electrons. The Labute approximate surface area is 125 Å². The molecule has 1 aromatic rings. The van der Waals surface area contributed by atoms with E-state index in [9.17, 15) is 18.4 Å². The number of carboxylic acid groups (broad SMARTS) is 1. The Morgan fingerprint density at radius 1 is 1.32 bits per heavy atom. The van der Waals surface area contributed by atoms with Gasteiger partial charge in [0.15, 0.2) is 0 Å². The lowest BCUT2D eigenvalue weighted by Gasteiger charge is -2.27. The Kier molecular flexibility index (Phi) is 3.30. The van der Waals surface area contributed by atoms with Gasteiger partial charge in [0.1, 0.15) is 12.0 Å². The Balaban J connectivity index is 1.59. The number of halogens is 2. The van der Waals surface area contributed by atoms with Crippen LogP contribution in [0, 0.1) is 11.3 Å². The van der Waals surface area contributed by atoms with Gasteiger partial charge in [-0.1, -0.05) is 30.3 Å². The van der Waals surface area contributed by atoms with Crippen LogP contribution in [0.4, 0.5) is 13.6 Å². The van der Waals surface area contributed by atoms with E-state index in [1.54, 1.807) is 24.3 Å². The Hall–Kier alpha value is -2.18. The number of piperidine rings is 1. The van der Waals surface area contributed by atoms with Crippen LogP contribution in [0.2, 0.25) is 0 Å². The van der Waals surface area contributed by atoms with E-state index in [2.05, 4.69) is 0 Å². The summed E-state index contributed by atoms with van der Waals surface area (Å²) in [6, 6.07) is 9.00. The van der Waals surface area contributed by atoms with Gasteiger partial charge in [-0.3, -0.25) is 4.79 Å². The van der Waals surface area contributed by atoms with Gasteiger partial charge < -0.3 is 14.7 Å².